The maximum Gasteiger partial charge on any atom is 0.294 e. The van der Waals surface area contributed by atoms with Crippen LogP contribution in [-0.4, -0.2) is 61.9 Å². The van der Waals surface area contributed by atoms with Crippen molar-refractivity contribution in [2.45, 2.75) is 18.9 Å². The van der Waals surface area contributed by atoms with Crippen LogP contribution >= 0.6 is 0 Å². The molecule has 0 saturated carbocycles. The monoisotopic (exact) mass is 500 g/mol. The van der Waals surface area contributed by atoms with Crippen LogP contribution in [0.25, 0.3) is 11.1 Å². The number of aliphatic hydroxyl groups excluding tert-OH is 1. The van der Waals surface area contributed by atoms with Crippen LogP contribution in [0.1, 0.15) is 12.8 Å². The van der Waals surface area contributed by atoms with E-state index in [1.165, 1.54) is 0 Å². The molecule has 3 aromatic carbocycles. The lowest BCUT2D eigenvalue weighted by Gasteiger charge is -2.29. The Bertz CT molecular complexity index is 1240. The fourth-order valence-electron chi connectivity index (χ4n) is 4.72. The summed E-state index contributed by atoms with van der Waals surface area (Å²) in [6.07, 6.45) is 3.40. The second kappa shape index (κ2) is 11.5. The molecule has 1 amide bonds. The number of methoxy groups -OCH3 is 1. The van der Waals surface area contributed by atoms with Crippen molar-refractivity contribution in [1.82, 2.24) is 4.90 Å². The minimum Gasteiger partial charge on any atom is -0.493 e. The predicted octanol–water partition coefficient (Wildman–Crippen LogP) is 4.51. The van der Waals surface area contributed by atoms with Crippen LogP contribution in [0.2, 0.25) is 0 Å². The lowest BCUT2D eigenvalue weighted by Crippen LogP contribution is -2.40. The first kappa shape index (κ1) is 24.9. The second-order valence-electron chi connectivity index (χ2n) is 9.26. The third kappa shape index (κ3) is 5.96. The summed E-state index contributed by atoms with van der Waals surface area (Å²) in [4.78, 5) is 16.9. The largest absolute Gasteiger partial charge is 0.493 e. The van der Waals surface area contributed by atoms with E-state index in [0.717, 1.165) is 37.1 Å². The van der Waals surface area contributed by atoms with Gasteiger partial charge in [0.25, 0.3) is 5.91 Å². The van der Waals surface area contributed by atoms with E-state index in [4.69, 9.17) is 14.2 Å². The van der Waals surface area contributed by atoms with E-state index >= 15 is 0 Å². The van der Waals surface area contributed by atoms with Crippen molar-refractivity contribution < 1.29 is 24.1 Å². The van der Waals surface area contributed by atoms with Gasteiger partial charge in [-0.05, 0) is 60.9 Å². The van der Waals surface area contributed by atoms with Gasteiger partial charge >= 0.3 is 0 Å². The van der Waals surface area contributed by atoms with E-state index in [2.05, 4.69) is 17.0 Å². The third-order valence-electron chi connectivity index (χ3n) is 6.71. The molecule has 5 rings (SSSR count). The van der Waals surface area contributed by atoms with Crippen molar-refractivity contribution in [1.29, 1.82) is 0 Å². The number of nitrogens with zero attached hydrogens (tertiary/aromatic N) is 2. The summed E-state index contributed by atoms with van der Waals surface area (Å²) in [5.74, 6) is 1.90. The highest BCUT2D eigenvalue weighted by molar-refractivity contribution is 6.07. The molecule has 1 fully saturated rings. The Morgan fingerprint density at radius 3 is 2.51 bits per heavy atom. The van der Waals surface area contributed by atoms with Gasteiger partial charge in [-0.2, -0.15) is 0 Å². The topological polar surface area (TPSA) is 71.5 Å². The Labute approximate surface area is 217 Å². The highest BCUT2D eigenvalue weighted by Crippen LogP contribution is 2.34. The Balaban J connectivity index is 1.18. The summed E-state index contributed by atoms with van der Waals surface area (Å²) in [6, 6.07) is 23.3. The van der Waals surface area contributed by atoms with E-state index in [0.29, 0.717) is 48.4 Å². The first-order valence-corrected chi connectivity index (χ1v) is 12.7. The van der Waals surface area contributed by atoms with Crippen LogP contribution in [0.3, 0.4) is 0 Å². The summed E-state index contributed by atoms with van der Waals surface area (Å²) in [5.41, 5.74) is 2.93. The summed E-state index contributed by atoms with van der Waals surface area (Å²) < 4.78 is 17.4. The van der Waals surface area contributed by atoms with E-state index in [1.807, 2.05) is 60.7 Å². The quantitative estimate of drug-likeness (QED) is 0.466. The Kier molecular flexibility index (Phi) is 7.73. The van der Waals surface area contributed by atoms with Crippen molar-refractivity contribution >= 4 is 11.6 Å². The van der Waals surface area contributed by atoms with Gasteiger partial charge in [0.15, 0.2) is 17.3 Å². The number of piperidine rings is 1. The van der Waals surface area contributed by atoms with Crippen molar-refractivity contribution in [3.05, 3.63) is 84.6 Å². The molecule has 0 unspecified atom stereocenters. The first-order chi connectivity index (χ1) is 18.1. The van der Waals surface area contributed by atoms with E-state index in [1.54, 1.807) is 18.1 Å². The number of carbonyl (C=O) groups is 1. The van der Waals surface area contributed by atoms with Gasteiger partial charge in [0, 0.05) is 31.4 Å². The standard InChI is InChI=1S/C30H32N2O5/c1-35-29-20-24(11-14-27(29)36-19-18-31-16-5-8-25(33)21-31)32-17-15-28(30(32)34)37-26-12-9-23(10-13-26)22-6-3-2-4-7-22/h2-4,6-7,9-15,20,25,33H,5,8,16-19,21H2,1H3/t25-/m0/s1. The molecule has 2 aliphatic heterocycles. The summed E-state index contributed by atoms with van der Waals surface area (Å²) in [7, 11) is 1.59. The van der Waals surface area contributed by atoms with Crippen molar-refractivity contribution in [2.24, 2.45) is 0 Å². The van der Waals surface area contributed by atoms with Gasteiger partial charge in [-0.1, -0.05) is 42.5 Å². The molecule has 3 aromatic rings. The number of anilines is 1. The minimum absolute atomic E-state index is 0.202. The number of β-amino-alcohol motifs (C(OH)–C–C–N with tert-alkyl or cyclic N) is 1. The number of likely N-dealkylation sites (tertiary alicyclic amines) is 1. The summed E-state index contributed by atoms with van der Waals surface area (Å²) in [6.45, 7) is 3.31. The molecule has 1 N–H and O–H groups in total. The molecule has 1 atom stereocenters. The molecule has 0 bridgehead atoms. The molecule has 37 heavy (non-hydrogen) atoms. The summed E-state index contributed by atoms with van der Waals surface area (Å²) in [5, 5.41) is 9.84. The number of carbonyl (C=O) groups excluding carboxylic acids is 1. The zero-order chi connectivity index (χ0) is 25.6. The SMILES string of the molecule is COc1cc(N2CC=C(Oc3ccc(-c4ccccc4)cc3)C2=O)ccc1OCCN1CCC[C@H](O)C1. The Morgan fingerprint density at radius 1 is 0.973 bits per heavy atom. The van der Waals surface area contributed by atoms with E-state index in [-0.39, 0.29) is 12.0 Å². The smallest absolute Gasteiger partial charge is 0.294 e. The molecule has 7 nitrogen and oxygen atoms in total. The van der Waals surface area contributed by atoms with Crippen LogP contribution in [0.4, 0.5) is 5.69 Å². The van der Waals surface area contributed by atoms with Crippen molar-refractivity contribution in [3.8, 4) is 28.4 Å². The Morgan fingerprint density at radius 2 is 1.76 bits per heavy atom. The molecule has 0 aromatic heterocycles. The van der Waals surface area contributed by atoms with Crippen LogP contribution in [0, 0.1) is 0 Å². The Hall–Kier alpha value is -3.81. The molecular formula is C30H32N2O5. The highest BCUT2D eigenvalue weighted by Gasteiger charge is 2.28. The molecule has 0 radical (unpaired) electrons. The highest BCUT2D eigenvalue weighted by atomic mass is 16.5. The lowest BCUT2D eigenvalue weighted by atomic mass is 10.1. The maximum absolute atomic E-state index is 13.1. The zero-order valence-corrected chi connectivity index (χ0v) is 21.0. The number of hydrogen-bond donors (Lipinski definition) is 1. The number of benzene rings is 3. The van der Waals surface area contributed by atoms with E-state index < -0.39 is 0 Å². The average molecular weight is 501 g/mol. The van der Waals surface area contributed by atoms with Crippen molar-refractivity contribution in [3.63, 3.8) is 0 Å². The minimum atomic E-state index is -0.253. The average Bonchev–Trinajstić information content (AvgIpc) is 3.29. The van der Waals surface area contributed by atoms with Gasteiger partial charge < -0.3 is 24.2 Å². The molecule has 192 valence electrons. The fraction of sp³-hybridized carbons (Fsp3) is 0.300. The van der Waals surface area contributed by atoms with Crippen molar-refractivity contribution in [2.75, 3.05) is 44.8 Å². The molecule has 0 spiro atoms. The third-order valence-corrected chi connectivity index (χ3v) is 6.71. The number of amides is 1. The van der Waals surface area contributed by atoms with Crippen LogP contribution in [0.5, 0.6) is 17.2 Å². The predicted molar refractivity (Wildman–Crippen MR) is 143 cm³/mol. The van der Waals surface area contributed by atoms with Gasteiger partial charge in [-0.3, -0.25) is 9.69 Å². The molecule has 0 aliphatic carbocycles. The van der Waals surface area contributed by atoms with Crippen LogP contribution in [-0.2, 0) is 4.79 Å². The van der Waals surface area contributed by atoms with Gasteiger partial charge in [-0.25, -0.2) is 0 Å². The number of rotatable bonds is 9. The molecule has 2 heterocycles. The first-order valence-electron chi connectivity index (χ1n) is 12.7. The number of ether oxygens (including phenoxy) is 3. The zero-order valence-electron chi connectivity index (χ0n) is 21.0. The van der Waals surface area contributed by atoms with Crippen LogP contribution < -0.4 is 19.1 Å². The fourth-order valence-corrected chi connectivity index (χ4v) is 4.72. The normalized spacial score (nSPS) is 18.0. The second-order valence-corrected chi connectivity index (χ2v) is 9.26. The maximum atomic E-state index is 13.1. The molecule has 2 aliphatic rings. The van der Waals surface area contributed by atoms with E-state index in [9.17, 15) is 9.90 Å². The number of aliphatic hydroxyl groups is 1. The lowest BCUT2D eigenvalue weighted by molar-refractivity contribution is -0.116. The van der Waals surface area contributed by atoms with Gasteiger partial charge in [0.2, 0.25) is 0 Å². The van der Waals surface area contributed by atoms with Gasteiger partial charge in [0.05, 0.1) is 13.2 Å². The van der Waals surface area contributed by atoms with Gasteiger partial charge in [0.1, 0.15) is 12.4 Å². The summed E-state index contributed by atoms with van der Waals surface area (Å²) >= 11 is 0. The molecule has 7 heteroatoms. The molecular weight excluding hydrogens is 468 g/mol. The van der Waals surface area contributed by atoms with Crippen LogP contribution in [0.15, 0.2) is 84.6 Å². The molecule has 1 saturated heterocycles. The number of hydrogen-bond acceptors (Lipinski definition) is 6. The van der Waals surface area contributed by atoms with Gasteiger partial charge in [-0.15, -0.1) is 0 Å².